The molecule has 7 aromatic carbocycles. The van der Waals surface area contributed by atoms with Crippen molar-refractivity contribution in [1.82, 2.24) is 14.5 Å². The number of benzene rings is 7. The Hall–Kier alpha value is -6.08. The molecule has 5 aromatic heterocycles. The van der Waals surface area contributed by atoms with Gasteiger partial charge in [0.1, 0.15) is 11.2 Å². The maximum Gasteiger partial charge on any atom is 0.235 e. The van der Waals surface area contributed by atoms with Crippen molar-refractivity contribution in [1.29, 1.82) is 0 Å². The van der Waals surface area contributed by atoms with E-state index >= 15 is 0 Å². The van der Waals surface area contributed by atoms with E-state index < -0.39 is 0 Å². The molecule has 0 aliphatic heterocycles. The normalized spacial score (nSPS) is 12.4. The van der Waals surface area contributed by atoms with E-state index in [1.807, 2.05) is 34.8 Å². The fraction of sp³-hybridized carbons (Fsp3) is 0. The van der Waals surface area contributed by atoms with Gasteiger partial charge in [-0.1, -0.05) is 109 Å². The van der Waals surface area contributed by atoms with Crippen LogP contribution in [-0.4, -0.2) is 14.5 Å². The standard InChI is InChI=1S/C44H23N3OS2/c1-3-14-29-25(11-1)26-12-2-4-15-30(26)39-37(29)38(24-21-22-28-27-13-5-8-18-33(27)48-34(28)23-24)45-44(46-39)47-40-31-16-6-9-19-35(31)49-42(40)43-41(47)32-17-7-10-20-36(32)50-43/h1-23H. The van der Waals surface area contributed by atoms with Crippen molar-refractivity contribution in [3.63, 3.8) is 0 Å². The average molecular weight is 674 g/mol. The summed E-state index contributed by atoms with van der Waals surface area (Å²) in [5.41, 5.74) is 6.90. The Labute approximate surface area is 292 Å². The van der Waals surface area contributed by atoms with Crippen LogP contribution in [-0.2, 0) is 0 Å². The quantitative estimate of drug-likeness (QED) is 0.172. The number of nitrogens with zero attached hydrogens (tertiary/aromatic N) is 3. The number of hydrogen-bond acceptors (Lipinski definition) is 5. The highest BCUT2D eigenvalue weighted by molar-refractivity contribution is 7.33. The highest BCUT2D eigenvalue weighted by Crippen LogP contribution is 2.48. The first-order valence-corrected chi connectivity index (χ1v) is 18.3. The lowest BCUT2D eigenvalue weighted by atomic mass is 9.94. The zero-order valence-corrected chi connectivity index (χ0v) is 28.0. The fourth-order valence-corrected chi connectivity index (χ4v) is 10.6. The van der Waals surface area contributed by atoms with Crippen LogP contribution in [0.1, 0.15) is 0 Å². The Kier molecular flexibility index (Phi) is 5.23. The number of furan rings is 1. The van der Waals surface area contributed by atoms with Gasteiger partial charge in [-0.2, -0.15) is 0 Å². The molecule has 0 saturated heterocycles. The summed E-state index contributed by atoms with van der Waals surface area (Å²) >= 11 is 3.71. The van der Waals surface area contributed by atoms with E-state index in [1.165, 1.54) is 51.4 Å². The number of aromatic nitrogens is 3. The van der Waals surface area contributed by atoms with Gasteiger partial charge in [-0.05, 0) is 46.5 Å². The Morgan fingerprint density at radius 1 is 0.460 bits per heavy atom. The van der Waals surface area contributed by atoms with Crippen molar-refractivity contribution in [3.05, 3.63) is 140 Å². The largest absolute Gasteiger partial charge is 0.456 e. The van der Waals surface area contributed by atoms with Crippen LogP contribution in [0.4, 0.5) is 0 Å². The van der Waals surface area contributed by atoms with E-state index in [-0.39, 0.29) is 0 Å². The molecule has 12 aromatic rings. The first kappa shape index (κ1) is 26.8. The molecule has 0 bridgehead atoms. The summed E-state index contributed by atoms with van der Waals surface area (Å²) in [5, 5.41) is 10.3. The molecule has 0 saturated carbocycles. The SMILES string of the molecule is c1ccc2c(c1)oc1cc(-c3nc(-n4c5c6ccccc6sc5c5sc6ccccc6c54)nc4c5ccccc5c5ccccc5c34)ccc12. The van der Waals surface area contributed by atoms with Crippen LogP contribution in [0.15, 0.2) is 144 Å². The number of para-hydroxylation sites is 1. The van der Waals surface area contributed by atoms with Gasteiger partial charge in [0.2, 0.25) is 5.95 Å². The zero-order chi connectivity index (χ0) is 32.5. The van der Waals surface area contributed by atoms with E-state index in [9.17, 15) is 0 Å². The Morgan fingerprint density at radius 2 is 1.00 bits per heavy atom. The van der Waals surface area contributed by atoms with Gasteiger partial charge in [-0.15, -0.1) is 22.7 Å². The van der Waals surface area contributed by atoms with E-state index in [0.717, 1.165) is 54.9 Å². The lowest BCUT2D eigenvalue weighted by Crippen LogP contribution is -2.04. The van der Waals surface area contributed by atoms with Crippen LogP contribution in [0.2, 0.25) is 0 Å². The first-order chi connectivity index (χ1) is 24.8. The molecule has 0 fully saturated rings. The Morgan fingerprint density at radius 3 is 1.70 bits per heavy atom. The smallest absolute Gasteiger partial charge is 0.235 e. The van der Waals surface area contributed by atoms with Gasteiger partial charge < -0.3 is 4.42 Å². The van der Waals surface area contributed by atoms with Crippen molar-refractivity contribution in [3.8, 4) is 17.2 Å². The van der Waals surface area contributed by atoms with Crippen molar-refractivity contribution in [2.24, 2.45) is 0 Å². The summed E-state index contributed by atoms with van der Waals surface area (Å²) in [5.74, 6) is 0.671. The van der Waals surface area contributed by atoms with Crippen LogP contribution in [0.25, 0.3) is 112 Å². The van der Waals surface area contributed by atoms with Crippen LogP contribution >= 0.6 is 22.7 Å². The summed E-state index contributed by atoms with van der Waals surface area (Å²) in [6, 6.07) is 49.5. The van der Waals surface area contributed by atoms with Gasteiger partial charge in [-0.3, -0.25) is 4.57 Å². The molecular weight excluding hydrogens is 651 g/mol. The second kappa shape index (κ2) is 9.76. The Balaban J connectivity index is 1.30. The lowest BCUT2D eigenvalue weighted by Gasteiger charge is -2.16. The van der Waals surface area contributed by atoms with Crippen molar-refractivity contribution in [2.75, 3.05) is 0 Å². The third-order valence-corrected chi connectivity index (χ3v) is 12.7. The van der Waals surface area contributed by atoms with Gasteiger partial charge >= 0.3 is 0 Å². The molecule has 0 N–H and O–H groups in total. The minimum Gasteiger partial charge on any atom is -0.456 e. The van der Waals surface area contributed by atoms with Crippen LogP contribution in [0, 0.1) is 0 Å². The van der Waals surface area contributed by atoms with Gasteiger partial charge in [-0.25, -0.2) is 9.97 Å². The monoisotopic (exact) mass is 673 g/mol. The molecule has 6 heteroatoms. The maximum atomic E-state index is 6.43. The summed E-state index contributed by atoms with van der Waals surface area (Å²) < 4.78 is 13.9. The van der Waals surface area contributed by atoms with Crippen molar-refractivity contribution >= 4 is 118 Å². The van der Waals surface area contributed by atoms with Crippen LogP contribution in [0.3, 0.4) is 0 Å². The molecule has 4 nitrogen and oxygen atoms in total. The summed E-state index contributed by atoms with van der Waals surface area (Å²) in [6.45, 7) is 0. The number of fused-ring (bicyclic) bond motifs is 16. The third kappa shape index (κ3) is 3.49. The molecule has 0 amide bonds. The van der Waals surface area contributed by atoms with Crippen molar-refractivity contribution in [2.45, 2.75) is 0 Å². The molecule has 50 heavy (non-hydrogen) atoms. The highest BCUT2D eigenvalue weighted by atomic mass is 32.1. The zero-order valence-electron chi connectivity index (χ0n) is 26.3. The first-order valence-electron chi connectivity index (χ1n) is 16.7. The van der Waals surface area contributed by atoms with E-state index in [0.29, 0.717) is 5.95 Å². The van der Waals surface area contributed by atoms with Gasteiger partial charge in [0.15, 0.2) is 0 Å². The molecule has 0 aliphatic carbocycles. The summed E-state index contributed by atoms with van der Waals surface area (Å²) in [6.07, 6.45) is 0. The lowest BCUT2D eigenvalue weighted by molar-refractivity contribution is 0.669. The van der Waals surface area contributed by atoms with E-state index in [1.54, 1.807) is 0 Å². The molecule has 0 spiro atoms. The predicted molar refractivity (Wildman–Crippen MR) is 212 cm³/mol. The second-order valence-corrected chi connectivity index (χ2v) is 15.0. The third-order valence-electron chi connectivity index (χ3n) is 10.2. The molecule has 5 heterocycles. The van der Waals surface area contributed by atoms with Gasteiger partial charge in [0.25, 0.3) is 0 Å². The number of thiophene rings is 2. The molecule has 232 valence electrons. The number of rotatable bonds is 2. The highest BCUT2D eigenvalue weighted by Gasteiger charge is 2.25. The van der Waals surface area contributed by atoms with Crippen LogP contribution in [0.5, 0.6) is 0 Å². The molecule has 0 atom stereocenters. The minimum atomic E-state index is 0.671. The van der Waals surface area contributed by atoms with E-state index in [2.05, 4.69) is 132 Å². The number of hydrogen-bond donors (Lipinski definition) is 0. The fourth-order valence-electron chi connectivity index (χ4n) is 8.07. The molecule has 0 unspecified atom stereocenters. The van der Waals surface area contributed by atoms with Crippen LogP contribution < -0.4 is 0 Å². The van der Waals surface area contributed by atoms with Crippen molar-refractivity contribution < 1.29 is 4.42 Å². The Bertz CT molecular complexity index is 3310. The average Bonchev–Trinajstić information content (AvgIpc) is 3.92. The predicted octanol–water partition coefficient (Wildman–Crippen LogP) is 13.0. The minimum absolute atomic E-state index is 0.671. The summed E-state index contributed by atoms with van der Waals surface area (Å²) in [7, 11) is 0. The van der Waals surface area contributed by atoms with E-state index in [4.69, 9.17) is 14.4 Å². The topological polar surface area (TPSA) is 43.9 Å². The summed E-state index contributed by atoms with van der Waals surface area (Å²) in [4.78, 5) is 11.2. The molecule has 0 radical (unpaired) electrons. The molecule has 0 aliphatic rings. The maximum absolute atomic E-state index is 6.43. The molecule has 12 rings (SSSR count). The van der Waals surface area contributed by atoms with Gasteiger partial charge in [0.05, 0.1) is 31.6 Å². The molecular formula is C44H23N3OS2. The second-order valence-electron chi connectivity index (χ2n) is 12.9. The van der Waals surface area contributed by atoms with Gasteiger partial charge in [0, 0.05) is 47.3 Å².